The van der Waals surface area contributed by atoms with Crippen molar-refractivity contribution < 1.29 is 8.42 Å². The lowest BCUT2D eigenvalue weighted by Crippen LogP contribution is -2.27. The molecule has 3 aromatic carbocycles. The molecule has 0 aliphatic carbocycles. The molecule has 1 unspecified atom stereocenters. The highest BCUT2D eigenvalue weighted by Gasteiger charge is 2.25. The highest BCUT2D eigenvalue weighted by atomic mass is 32.2. The highest BCUT2D eigenvalue weighted by Crippen LogP contribution is 2.27. The normalized spacial score (nSPS) is 12.6. The van der Waals surface area contributed by atoms with Crippen LogP contribution in [-0.2, 0) is 16.6 Å². The van der Waals surface area contributed by atoms with Gasteiger partial charge in [0, 0.05) is 17.8 Å². The molecule has 0 amide bonds. The van der Waals surface area contributed by atoms with Crippen LogP contribution < -0.4 is 4.72 Å². The summed E-state index contributed by atoms with van der Waals surface area (Å²) >= 11 is 0. The van der Waals surface area contributed by atoms with Crippen LogP contribution in [0.3, 0.4) is 0 Å². The van der Waals surface area contributed by atoms with Crippen molar-refractivity contribution >= 4 is 10.0 Å². The number of rotatable bonds is 7. The van der Waals surface area contributed by atoms with Gasteiger partial charge in [0.2, 0.25) is 10.0 Å². The second-order valence-corrected chi connectivity index (χ2v) is 8.83. The molecule has 4 rings (SSSR count). The molecule has 1 heterocycles. The van der Waals surface area contributed by atoms with E-state index in [0.29, 0.717) is 12.2 Å². The fourth-order valence-electron chi connectivity index (χ4n) is 3.35. The second-order valence-electron chi connectivity index (χ2n) is 7.14. The zero-order chi connectivity index (χ0) is 21.0. The average molecular weight is 418 g/mol. The van der Waals surface area contributed by atoms with Gasteiger partial charge in [-0.3, -0.25) is 4.68 Å². The lowest BCUT2D eigenvalue weighted by atomic mass is 10.1. The largest absolute Gasteiger partial charge is 0.266 e. The van der Waals surface area contributed by atoms with Gasteiger partial charge in [-0.15, -0.1) is 0 Å². The SMILES string of the molecule is CC(NS(=O)(=O)c1cn(Cc2ccccc2)nc1-c1ccccc1)c1ccccc1. The Morgan fingerprint density at radius 3 is 2.07 bits per heavy atom. The first kappa shape index (κ1) is 20.1. The van der Waals surface area contributed by atoms with E-state index < -0.39 is 10.0 Å². The lowest BCUT2D eigenvalue weighted by Gasteiger charge is -2.14. The number of benzene rings is 3. The molecular weight excluding hydrogens is 394 g/mol. The predicted octanol–water partition coefficient (Wildman–Crippen LogP) is 4.64. The minimum absolute atomic E-state index is 0.174. The van der Waals surface area contributed by atoms with E-state index in [1.54, 1.807) is 10.9 Å². The fourth-order valence-corrected chi connectivity index (χ4v) is 4.76. The summed E-state index contributed by atoms with van der Waals surface area (Å²) in [5.74, 6) is 0. The van der Waals surface area contributed by atoms with Crippen molar-refractivity contribution in [3.8, 4) is 11.3 Å². The summed E-state index contributed by atoms with van der Waals surface area (Å²) in [6, 6.07) is 28.4. The van der Waals surface area contributed by atoms with E-state index in [2.05, 4.69) is 9.82 Å². The Balaban J connectivity index is 1.71. The Kier molecular flexibility index (Phi) is 5.79. The van der Waals surface area contributed by atoms with E-state index in [0.717, 1.165) is 16.7 Å². The van der Waals surface area contributed by atoms with Crippen LogP contribution in [0.25, 0.3) is 11.3 Å². The summed E-state index contributed by atoms with van der Waals surface area (Å²) in [6.07, 6.45) is 1.61. The number of hydrogen-bond donors (Lipinski definition) is 1. The summed E-state index contributed by atoms with van der Waals surface area (Å²) in [7, 11) is -3.79. The predicted molar refractivity (Wildman–Crippen MR) is 118 cm³/mol. The van der Waals surface area contributed by atoms with E-state index >= 15 is 0 Å². The average Bonchev–Trinajstić information content (AvgIpc) is 3.20. The molecule has 1 atom stereocenters. The van der Waals surface area contributed by atoms with Gasteiger partial charge in [0.25, 0.3) is 0 Å². The van der Waals surface area contributed by atoms with Gasteiger partial charge in [0.1, 0.15) is 10.6 Å². The molecule has 1 aromatic heterocycles. The Bertz CT molecular complexity index is 1210. The van der Waals surface area contributed by atoms with Crippen molar-refractivity contribution in [2.24, 2.45) is 0 Å². The van der Waals surface area contributed by atoms with Gasteiger partial charge < -0.3 is 0 Å². The standard InChI is InChI=1S/C24H23N3O2S/c1-19(21-13-7-3-8-14-21)26-30(28,29)23-18-27(17-20-11-5-2-6-12-20)25-24(23)22-15-9-4-10-16-22/h2-16,18-19,26H,17H2,1H3. The van der Waals surface area contributed by atoms with E-state index in [9.17, 15) is 8.42 Å². The Labute approximate surface area is 177 Å². The lowest BCUT2D eigenvalue weighted by molar-refractivity contribution is 0.567. The number of hydrogen-bond acceptors (Lipinski definition) is 3. The Morgan fingerprint density at radius 2 is 1.43 bits per heavy atom. The summed E-state index contributed by atoms with van der Waals surface area (Å²) in [5.41, 5.74) is 3.16. The van der Waals surface area contributed by atoms with Crippen molar-refractivity contribution in [3.05, 3.63) is 108 Å². The maximum Gasteiger partial charge on any atom is 0.244 e. The van der Waals surface area contributed by atoms with Crippen LogP contribution in [0.1, 0.15) is 24.1 Å². The van der Waals surface area contributed by atoms with Crippen molar-refractivity contribution in [2.45, 2.75) is 24.4 Å². The van der Waals surface area contributed by atoms with Crippen LogP contribution in [0.5, 0.6) is 0 Å². The molecule has 0 aliphatic rings. The number of nitrogens with zero attached hydrogens (tertiary/aromatic N) is 2. The van der Waals surface area contributed by atoms with Crippen LogP contribution >= 0.6 is 0 Å². The minimum Gasteiger partial charge on any atom is -0.266 e. The summed E-state index contributed by atoms with van der Waals surface area (Å²) < 4.78 is 31.1. The number of aromatic nitrogens is 2. The Morgan fingerprint density at radius 1 is 0.867 bits per heavy atom. The zero-order valence-corrected chi connectivity index (χ0v) is 17.5. The van der Waals surface area contributed by atoms with Gasteiger partial charge in [-0.05, 0) is 18.1 Å². The molecule has 0 spiro atoms. The van der Waals surface area contributed by atoms with Gasteiger partial charge >= 0.3 is 0 Å². The Hall–Kier alpha value is -3.22. The summed E-state index contributed by atoms with van der Waals surface area (Å²) in [5, 5.41) is 4.62. The summed E-state index contributed by atoms with van der Waals surface area (Å²) in [6.45, 7) is 2.33. The quantitative estimate of drug-likeness (QED) is 0.477. The molecule has 0 fully saturated rings. The molecule has 0 aliphatic heterocycles. The van der Waals surface area contributed by atoms with Crippen molar-refractivity contribution in [3.63, 3.8) is 0 Å². The third-order valence-electron chi connectivity index (χ3n) is 4.88. The molecule has 0 radical (unpaired) electrons. The highest BCUT2D eigenvalue weighted by molar-refractivity contribution is 7.89. The second kappa shape index (κ2) is 8.65. The molecule has 0 bridgehead atoms. The van der Waals surface area contributed by atoms with E-state index in [4.69, 9.17) is 0 Å². The smallest absolute Gasteiger partial charge is 0.244 e. The van der Waals surface area contributed by atoms with Crippen LogP contribution in [0, 0.1) is 0 Å². The fraction of sp³-hybridized carbons (Fsp3) is 0.125. The van der Waals surface area contributed by atoms with E-state index in [1.807, 2.05) is 97.9 Å². The van der Waals surface area contributed by atoms with E-state index in [-0.39, 0.29) is 10.9 Å². The molecule has 0 saturated carbocycles. The first-order chi connectivity index (χ1) is 14.5. The molecule has 30 heavy (non-hydrogen) atoms. The van der Waals surface area contributed by atoms with Gasteiger partial charge in [0.15, 0.2) is 0 Å². The molecule has 152 valence electrons. The van der Waals surface area contributed by atoms with E-state index in [1.165, 1.54) is 0 Å². The molecule has 6 heteroatoms. The third-order valence-corrected chi connectivity index (χ3v) is 6.43. The minimum atomic E-state index is -3.79. The monoisotopic (exact) mass is 417 g/mol. The van der Waals surface area contributed by atoms with Crippen LogP contribution in [0.2, 0.25) is 0 Å². The maximum absolute atomic E-state index is 13.3. The zero-order valence-electron chi connectivity index (χ0n) is 16.6. The van der Waals surface area contributed by atoms with Crippen molar-refractivity contribution in [2.75, 3.05) is 0 Å². The number of sulfonamides is 1. The number of nitrogens with one attached hydrogen (secondary N) is 1. The molecular formula is C24H23N3O2S. The van der Waals surface area contributed by atoms with Gasteiger partial charge in [0.05, 0.1) is 6.54 Å². The van der Waals surface area contributed by atoms with Gasteiger partial charge in [-0.25, -0.2) is 13.1 Å². The van der Waals surface area contributed by atoms with Gasteiger partial charge in [-0.1, -0.05) is 91.0 Å². The third kappa shape index (κ3) is 4.50. The molecule has 4 aromatic rings. The van der Waals surface area contributed by atoms with Crippen molar-refractivity contribution in [1.82, 2.24) is 14.5 Å². The maximum atomic E-state index is 13.3. The van der Waals surface area contributed by atoms with Crippen LogP contribution in [-0.4, -0.2) is 18.2 Å². The first-order valence-corrected chi connectivity index (χ1v) is 11.3. The van der Waals surface area contributed by atoms with Crippen molar-refractivity contribution in [1.29, 1.82) is 0 Å². The molecule has 0 saturated heterocycles. The van der Waals surface area contributed by atoms with Crippen LogP contribution in [0.4, 0.5) is 0 Å². The first-order valence-electron chi connectivity index (χ1n) is 9.77. The van der Waals surface area contributed by atoms with Crippen LogP contribution in [0.15, 0.2) is 102 Å². The summed E-state index contributed by atoms with van der Waals surface area (Å²) in [4.78, 5) is 0.174. The molecule has 5 nitrogen and oxygen atoms in total. The van der Waals surface area contributed by atoms with Gasteiger partial charge in [-0.2, -0.15) is 5.10 Å². The topological polar surface area (TPSA) is 64.0 Å². The molecule has 1 N–H and O–H groups in total.